The lowest BCUT2D eigenvalue weighted by atomic mass is 10.2. The number of rotatable bonds is 7. The Morgan fingerprint density at radius 2 is 2.00 bits per heavy atom. The number of benzene rings is 1. The van der Waals surface area contributed by atoms with Crippen LogP contribution in [-0.4, -0.2) is 29.1 Å². The number of ether oxygens (including phenoxy) is 1. The van der Waals surface area contributed by atoms with Gasteiger partial charge in [-0.3, -0.25) is 9.78 Å². The predicted molar refractivity (Wildman–Crippen MR) is 111 cm³/mol. The first kappa shape index (κ1) is 18.8. The van der Waals surface area contributed by atoms with E-state index in [2.05, 4.69) is 10.3 Å². The molecule has 0 aliphatic carbocycles. The third-order valence-electron chi connectivity index (χ3n) is 4.84. The highest BCUT2D eigenvalue weighted by molar-refractivity contribution is 5.97. The Morgan fingerprint density at radius 3 is 2.72 bits per heavy atom. The van der Waals surface area contributed by atoms with Gasteiger partial charge < -0.3 is 19.0 Å². The van der Waals surface area contributed by atoms with Crippen molar-refractivity contribution in [3.63, 3.8) is 0 Å². The molecule has 0 saturated heterocycles. The molecule has 0 aliphatic rings. The van der Waals surface area contributed by atoms with Gasteiger partial charge in [0, 0.05) is 43.5 Å². The minimum atomic E-state index is -0.126. The SMILES string of the molecule is COc1ccc(Cn2c(C(=O)NCCc3ccccn3)cc3oc(C)cc32)cc1. The Kier molecular flexibility index (Phi) is 5.33. The molecule has 0 bridgehead atoms. The molecule has 1 N–H and O–H groups in total. The number of methoxy groups -OCH3 is 1. The molecule has 6 nitrogen and oxygen atoms in total. The minimum Gasteiger partial charge on any atom is -0.497 e. The molecule has 0 unspecified atom stereocenters. The summed E-state index contributed by atoms with van der Waals surface area (Å²) >= 11 is 0. The van der Waals surface area contributed by atoms with Gasteiger partial charge in [0.1, 0.15) is 17.2 Å². The first-order chi connectivity index (χ1) is 14.1. The molecule has 0 aliphatic heterocycles. The Balaban J connectivity index is 1.55. The van der Waals surface area contributed by atoms with Crippen LogP contribution in [0, 0.1) is 6.92 Å². The monoisotopic (exact) mass is 389 g/mol. The summed E-state index contributed by atoms with van der Waals surface area (Å²) in [6.07, 6.45) is 2.44. The number of amides is 1. The Hall–Kier alpha value is -3.54. The standard InChI is InChI=1S/C23H23N3O3/c1-16-13-20-22(29-16)14-21(23(27)25-12-10-18-5-3-4-11-24-18)26(20)15-17-6-8-19(28-2)9-7-17/h3-9,11,13-14H,10,12,15H2,1-2H3,(H,25,27). The second-order valence-corrected chi connectivity index (χ2v) is 6.90. The van der Waals surface area contributed by atoms with E-state index in [0.717, 1.165) is 28.3 Å². The molecule has 148 valence electrons. The van der Waals surface area contributed by atoms with Crippen LogP contribution < -0.4 is 10.1 Å². The lowest BCUT2D eigenvalue weighted by molar-refractivity contribution is 0.0945. The van der Waals surface area contributed by atoms with E-state index in [4.69, 9.17) is 9.15 Å². The third kappa shape index (κ3) is 4.16. The number of nitrogens with zero attached hydrogens (tertiary/aromatic N) is 2. The van der Waals surface area contributed by atoms with Crippen LogP contribution in [-0.2, 0) is 13.0 Å². The van der Waals surface area contributed by atoms with Crippen LogP contribution in [0.5, 0.6) is 5.75 Å². The molecular weight excluding hydrogens is 366 g/mol. The van der Waals surface area contributed by atoms with E-state index >= 15 is 0 Å². The summed E-state index contributed by atoms with van der Waals surface area (Å²) in [5.41, 5.74) is 4.23. The second-order valence-electron chi connectivity index (χ2n) is 6.90. The molecule has 29 heavy (non-hydrogen) atoms. The summed E-state index contributed by atoms with van der Waals surface area (Å²) in [5.74, 6) is 1.50. The molecule has 4 aromatic rings. The summed E-state index contributed by atoms with van der Waals surface area (Å²) in [6, 6.07) is 17.4. The van der Waals surface area contributed by atoms with E-state index in [0.29, 0.717) is 30.8 Å². The predicted octanol–water partition coefficient (Wildman–Crippen LogP) is 3.97. The van der Waals surface area contributed by atoms with E-state index in [1.54, 1.807) is 13.3 Å². The number of hydrogen-bond acceptors (Lipinski definition) is 4. The topological polar surface area (TPSA) is 69.3 Å². The molecule has 0 spiro atoms. The molecule has 4 rings (SSSR count). The number of pyridine rings is 1. The Morgan fingerprint density at radius 1 is 1.17 bits per heavy atom. The first-order valence-corrected chi connectivity index (χ1v) is 9.55. The van der Waals surface area contributed by atoms with Crippen LogP contribution in [0.15, 0.2) is 65.2 Å². The van der Waals surface area contributed by atoms with Crippen LogP contribution in [0.2, 0.25) is 0 Å². The molecule has 1 amide bonds. The maximum absolute atomic E-state index is 12.9. The van der Waals surface area contributed by atoms with Gasteiger partial charge in [0.2, 0.25) is 0 Å². The van der Waals surface area contributed by atoms with Crippen molar-refractivity contribution in [1.29, 1.82) is 0 Å². The molecular formula is C23H23N3O3. The van der Waals surface area contributed by atoms with Crippen molar-refractivity contribution in [3.05, 3.63) is 83.5 Å². The van der Waals surface area contributed by atoms with Crippen molar-refractivity contribution in [2.24, 2.45) is 0 Å². The van der Waals surface area contributed by atoms with E-state index < -0.39 is 0 Å². The van der Waals surface area contributed by atoms with E-state index in [-0.39, 0.29) is 5.91 Å². The van der Waals surface area contributed by atoms with Crippen molar-refractivity contribution in [1.82, 2.24) is 14.9 Å². The van der Waals surface area contributed by atoms with E-state index in [1.165, 1.54) is 0 Å². The first-order valence-electron chi connectivity index (χ1n) is 9.55. The number of hydrogen-bond donors (Lipinski definition) is 1. The molecule has 6 heteroatoms. The van der Waals surface area contributed by atoms with Gasteiger partial charge in [-0.15, -0.1) is 0 Å². The minimum absolute atomic E-state index is 0.126. The fourth-order valence-electron chi connectivity index (χ4n) is 3.38. The normalized spacial score (nSPS) is 11.0. The average Bonchev–Trinajstić information content (AvgIpc) is 3.26. The molecule has 0 atom stereocenters. The lowest BCUT2D eigenvalue weighted by Gasteiger charge is -2.11. The number of fused-ring (bicyclic) bond motifs is 1. The summed E-state index contributed by atoms with van der Waals surface area (Å²) in [6.45, 7) is 2.99. The fraction of sp³-hybridized carbons (Fsp3) is 0.217. The maximum Gasteiger partial charge on any atom is 0.268 e. The molecule has 0 fully saturated rings. The van der Waals surface area contributed by atoms with Crippen molar-refractivity contribution >= 4 is 17.0 Å². The highest BCUT2D eigenvalue weighted by Gasteiger charge is 2.18. The Bertz CT molecular complexity index is 1110. The summed E-state index contributed by atoms with van der Waals surface area (Å²) in [5, 5.41) is 3.00. The number of aromatic nitrogens is 2. The maximum atomic E-state index is 12.9. The molecule has 3 heterocycles. The second kappa shape index (κ2) is 8.22. The van der Waals surface area contributed by atoms with Crippen LogP contribution in [0.3, 0.4) is 0 Å². The van der Waals surface area contributed by atoms with Gasteiger partial charge in [0.25, 0.3) is 5.91 Å². The van der Waals surface area contributed by atoms with Gasteiger partial charge in [-0.1, -0.05) is 18.2 Å². The smallest absolute Gasteiger partial charge is 0.268 e. The zero-order chi connectivity index (χ0) is 20.2. The van der Waals surface area contributed by atoms with Gasteiger partial charge in [-0.25, -0.2) is 0 Å². The zero-order valence-electron chi connectivity index (χ0n) is 16.5. The highest BCUT2D eigenvalue weighted by Crippen LogP contribution is 2.25. The number of carbonyl (C=O) groups is 1. The number of aryl methyl sites for hydroxylation is 1. The highest BCUT2D eigenvalue weighted by atomic mass is 16.5. The van der Waals surface area contributed by atoms with Gasteiger partial charge in [-0.2, -0.15) is 0 Å². The molecule has 3 aromatic heterocycles. The quantitative estimate of drug-likeness (QED) is 0.519. The van der Waals surface area contributed by atoms with Crippen molar-refractivity contribution < 1.29 is 13.9 Å². The van der Waals surface area contributed by atoms with Crippen LogP contribution >= 0.6 is 0 Å². The van der Waals surface area contributed by atoms with Crippen LogP contribution in [0.1, 0.15) is 27.5 Å². The van der Waals surface area contributed by atoms with E-state index in [1.807, 2.05) is 66.1 Å². The Labute approximate surface area is 169 Å². The van der Waals surface area contributed by atoms with Crippen molar-refractivity contribution in [3.8, 4) is 5.75 Å². The number of nitrogens with one attached hydrogen (secondary N) is 1. The van der Waals surface area contributed by atoms with Crippen LogP contribution in [0.4, 0.5) is 0 Å². The van der Waals surface area contributed by atoms with Gasteiger partial charge in [0.05, 0.1) is 12.6 Å². The summed E-state index contributed by atoms with van der Waals surface area (Å²) < 4.78 is 13.0. The summed E-state index contributed by atoms with van der Waals surface area (Å²) in [4.78, 5) is 17.2. The van der Waals surface area contributed by atoms with Gasteiger partial charge in [-0.05, 0) is 36.8 Å². The van der Waals surface area contributed by atoms with Gasteiger partial charge >= 0.3 is 0 Å². The lowest BCUT2D eigenvalue weighted by Crippen LogP contribution is -2.28. The third-order valence-corrected chi connectivity index (χ3v) is 4.84. The molecule has 1 aromatic carbocycles. The van der Waals surface area contributed by atoms with Crippen molar-refractivity contribution in [2.45, 2.75) is 19.9 Å². The molecule has 0 saturated carbocycles. The largest absolute Gasteiger partial charge is 0.497 e. The fourth-order valence-corrected chi connectivity index (χ4v) is 3.38. The average molecular weight is 389 g/mol. The number of carbonyl (C=O) groups excluding carboxylic acids is 1. The van der Waals surface area contributed by atoms with Gasteiger partial charge in [0.15, 0.2) is 5.58 Å². The van der Waals surface area contributed by atoms with Crippen molar-refractivity contribution in [2.75, 3.05) is 13.7 Å². The molecule has 0 radical (unpaired) electrons. The van der Waals surface area contributed by atoms with Crippen LogP contribution in [0.25, 0.3) is 11.1 Å². The zero-order valence-corrected chi connectivity index (χ0v) is 16.5. The number of furan rings is 1. The van der Waals surface area contributed by atoms with E-state index in [9.17, 15) is 4.79 Å². The summed E-state index contributed by atoms with van der Waals surface area (Å²) in [7, 11) is 1.64.